The van der Waals surface area contributed by atoms with Crippen LogP contribution >= 0.6 is 11.3 Å². The lowest BCUT2D eigenvalue weighted by Gasteiger charge is -2.28. The van der Waals surface area contributed by atoms with Crippen molar-refractivity contribution in [3.05, 3.63) is 63.8 Å². The molecule has 0 unspecified atom stereocenters. The Balaban J connectivity index is 1.66. The second kappa shape index (κ2) is 14.5. The van der Waals surface area contributed by atoms with E-state index < -0.39 is 63.9 Å². The maximum absolute atomic E-state index is 13.5. The van der Waals surface area contributed by atoms with Gasteiger partial charge in [-0.1, -0.05) is 45.9 Å². The molecular formula is C31H40N6O7S2. The predicted molar refractivity (Wildman–Crippen MR) is 171 cm³/mol. The number of thiazole rings is 1. The van der Waals surface area contributed by atoms with E-state index in [1.54, 1.807) is 37.4 Å². The van der Waals surface area contributed by atoms with Gasteiger partial charge in [0.1, 0.15) is 22.5 Å². The van der Waals surface area contributed by atoms with E-state index in [0.717, 1.165) is 0 Å². The number of hydrogen-bond acceptors (Lipinski definition) is 10. The van der Waals surface area contributed by atoms with E-state index in [2.05, 4.69) is 25.9 Å². The fraction of sp³-hybridized carbons (Fsp3) is 0.484. The number of aryl methyl sites for hydroxylation is 1. The third kappa shape index (κ3) is 8.37. The fourth-order valence-electron chi connectivity index (χ4n) is 4.98. The molecule has 46 heavy (non-hydrogen) atoms. The van der Waals surface area contributed by atoms with Gasteiger partial charge in [-0.3, -0.25) is 19.2 Å². The first kappa shape index (κ1) is 34.8. The number of nitrogens with zero attached hydrogens (tertiary/aromatic N) is 3. The maximum atomic E-state index is 13.5. The quantitative estimate of drug-likeness (QED) is 0.354. The van der Waals surface area contributed by atoms with Gasteiger partial charge in [0.15, 0.2) is 15.5 Å². The van der Waals surface area contributed by atoms with Crippen LogP contribution in [0, 0.1) is 18.8 Å². The van der Waals surface area contributed by atoms with Crippen LogP contribution in [0.3, 0.4) is 0 Å². The molecule has 0 saturated carbocycles. The Labute approximate surface area is 272 Å². The average molecular weight is 673 g/mol. The zero-order valence-electron chi connectivity index (χ0n) is 26.7. The van der Waals surface area contributed by atoms with Crippen LogP contribution in [0.5, 0.6) is 0 Å². The largest absolute Gasteiger partial charge is 0.443 e. The van der Waals surface area contributed by atoms with Crippen LogP contribution in [0.1, 0.15) is 90.8 Å². The number of carbonyl (C=O) groups excluding carboxylic acids is 4. The smallest absolute Gasteiger partial charge is 0.273 e. The van der Waals surface area contributed by atoms with Gasteiger partial charge >= 0.3 is 0 Å². The Morgan fingerprint density at radius 3 is 2.33 bits per heavy atom. The van der Waals surface area contributed by atoms with Gasteiger partial charge in [-0.05, 0) is 37.8 Å². The number of hydrogen-bond donors (Lipinski definition) is 3. The van der Waals surface area contributed by atoms with Crippen molar-refractivity contribution in [3.63, 3.8) is 0 Å². The number of carbonyl (C=O) groups is 4. The minimum absolute atomic E-state index is 0.0168. The van der Waals surface area contributed by atoms with Gasteiger partial charge in [0.25, 0.3) is 11.8 Å². The Kier molecular flexibility index (Phi) is 11.0. The van der Waals surface area contributed by atoms with Crippen molar-refractivity contribution in [2.24, 2.45) is 11.8 Å². The summed E-state index contributed by atoms with van der Waals surface area (Å²) in [6.45, 7) is 10.3. The van der Waals surface area contributed by atoms with Gasteiger partial charge in [0, 0.05) is 24.4 Å². The summed E-state index contributed by atoms with van der Waals surface area (Å²) < 4.78 is 31.6. The van der Waals surface area contributed by atoms with Crippen LogP contribution in [-0.2, 0) is 19.4 Å². The molecule has 3 heterocycles. The monoisotopic (exact) mass is 672 g/mol. The molecule has 15 heteroatoms. The summed E-state index contributed by atoms with van der Waals surface area (Å²) in [6, 6.07) is 5.94. The highest BCUT2D eigenvalue weighted by Gasteiger charge is 2.31. The van der Waals surface area contributed by atoms with Gasteiger partial charge in [-0.25, -0.2) is 18.4 Å². The number of nitrogens with one attached hydrogen (secondary N) is 3. The van der Waals surface area contributed by atoms with E-state index in [1.165, 1.54) is 28.4 Å². The topological polar surface area (TPSA) is 181 Å². The number of benzene rings is 1. The zero-order valence-corrected chi connectivity index (χ0v) is 28.3. The van der Waals surface area contributed by atoms with Crippen LogP contribution in [0.4, 0.5) is 0 Å². The molecule has 2 aromatic heterocycles. The average Bonchev–Trinajstić information content (AvgIpc) is 3.64. The standard InChI is InChI=1S/C31H40N6O7S2/c1-17(2)25-30-36-27(20(6)44-30)29(41)32-19(5)14-37(24(39)12-13-46(42,43)21-10-8-7-9-11-21)15-23(38)34-26(18(3)4)31-33-22(16-45-31)28(40)35-25/h7-11,16-19,25-26H,12-15H2,1-6H3,(H,32,41)(H,34,38)(H,35,40)/t19-,25-,26+/m1/s1. The molecule has 0 spiro atoms. The highest BCUT2D eigenvalue weighted by Crippen LogP contribution is 2.27. The van der Waals surface area contributed by atoms with Crippen LogP contribution < -0.4 is 16.0 Å². The molecule has 3 N–H and O–H groups in total. The fourth-order valence-corrected chi connectivity index (χ4v) is 7.25. The first-order chi connectivity index (χ1) is 21.7. The lowest BCUT2D eigenvalue weighted by atomic mass is 10.0. The summed E-state index contributed by atoms with van der Waals surface area (Å²) in [5.41, 5.74) is 0.168. The molecule has 3 atom stereocenters. The molecule has 4 bridgehead atoms. The van der Waals surface area contributed by atoms with E-state index in [-0.39, 0.29) is 52.7 Å². The van der Waals surface area contributed by atoms with Crippen LogP contribution in [-0.4, -0.2) is 71.8 Å². The van der Waals surface area contributed by atoms with E-state index in [9.17, 15) is 27.6 Å². The molecule has 248 valence electrons. The van der Waals surface area contributed by atoms with E-state index in [1.807, 2.05) is 27.7 Å². The summed E-state index contributed by atoms with van der Waals surface area (Å²) in [7, 11) is -3.76. The number of rotatable bonds is 6. The summed E-state index contributed by atoms with van der Waals surface area (Å²) >= 11 is 1.22. The van der Waals surface area contributed by atoms with Crippen molar-refractivity contribution in [1.29, 1.82) is 0 Å². The van der Waals surface area contributed by atoms with Crippen molar-refractivity contribution in [2.75, 3.05) is 18.8 Å². The molecule has 1 aromatic carbocycles. The Morgan fingerprint density at radius 1 is 1.00 bits per heavy atom. The second-order valence-electron chi connectivity index (χ2n) is 12.0. The predicted octanol–water partition coefficient (Wildman–Crippen LogP) is 3.20. The molecule has 1 aliphatic rings. The Bertz CT molecular complexity index is 1680. The molecule has 0 aliphatic carbocycles. The normalized spacial score (nSPS) is 20.1. The summed E-state index contributed by atoms with van der Waals surface area (Å²) in [5.74, 6) is -2.41. The molecule has 4 rings (SSSR count). The van der Waals surface area contributed by atoms with E-state index >= 15 is 0 Å². The van der Waals surface area contributed by atoms with Gasteiger partial charge in [-0.15, -0.1) is 11.3 Å². The molecule has 3 aromatic rings. The van der Waals surface area contributed by atoms with Crippen molar-refractivity contribution in [2.45, 2.75) is 71.0 Å². The van der Waals surface area contributed by atoms with Crippen LogP contribution in [0.15, 0.2) is 45.0 Å². The summed E-state index contributed by atoms with van der Waals surface area (Å²) in [4.78, 5) is 63.6. The first-order valence-electron chi connectivity index (χ1n) is 15.1. The van der Waals surface area contributed by atoms with Crippen LogP contribution in [0.2, 0.25) is 0 Å². The number of oxazole rings is 1. The molecule has 0 radical (unpaired) electrons. The maximum Gasteiger partial charge on any atom is 0.273 e. The second-order valence-corrected chi connectivity index (χ2v) is 15.0. The van der Waals surface area contributed by atoms with E-state index in [4.69, 9.17) is 4.42 Å². The number of fused-ring (bicyclic) bond motifs is 4. The number of sulfone groups is 1. The third-order valence-corrected chi connectivity index (χ3v) is 10.2. The molecule has 1 aliphatic heterocycles. The SMILES string of the molecule is Cc1oc2nc1C(=O)N[C@H](C)CN(C(=O)CCS(=O)(=O)c1ccccc1)CC(=O)N[C@@H](C(C)C)c1nc(cs1)C(=O)N[C@@H]2C(C)C. The molecule has 13 nitrogen and oxygen atoms in total. The van der Waals surface area contributed by atoms with Gasteiger partial charge < -0.3 is 25.3 Å². The minimum atomic E-state index is -3.76. The van der Waals surface area contributed by atoms with Crippen molar-refractivity contribution in [3.8, 4) is 0 Å². The zero-order chi connectivity index (χ0) is 33.8. The lowest BCUT2D eigenvalue weighted by molar-refractivity contribution is -0.136. The highest BCUT2D eigenvalue weighted by molar-refractivity contribution is 7.91. The molecule has 0 saturated heterocycles. The van der Waals surface area contributed by atoms with Crippen molar-refractivity contribution < 1.29 is 32.0 Å². The number of amides is 4. The molecule has 4 amide bonds. The van der Waals surface area contributed by atoms with Crippen LogP contribution in [0.25, 0.3) is 0 Å². The summed E-state index contributed by atoms with van der Waals surface area (Å²) in [6.07, 6.45) is -0.369. The minimum Gasteiger partial charge on any atom is -0.443 e. The van der Waals surface area contributed by atoms with Crippen molar-refractivity contribution in [1.82, 2.24) is 30.8 Å². The molecule has 0 fully saturated rings. The van der Waals surface area contributed by atoms with Crippen molar-refractivity contribution >= 4 is 44.8 Å². The lowest BCUT2D eigenvalue weighted by Crippen LogP contribution is -2.49. The highest BCUT2D eigenvalue weighted by atomic mass is 32.2. The van der Waals surface area contributed by atoms with Gasteiger partial charge in [0.2, 0.25) is 17.7 Å². The first-order valence-corrected chi connectivity index (χ1v) is 17.6. The van der Waals surface area contributed by atoms with E-state index in [0.29, 0.717) is 5.01 Å². The Hall–Kier alpha value is -4.11. The molecular weight excluding hydrogens is 633 g/mol. The Morgan fingerprint density at radius 2 is 1.67 bits per heavy atom. The van der Waals surface area contributed by atoms with Gasteiger partial charge in [-0.2, -0.15) is 0 Å². The third-order valence-electron chi connectivity index (χ3n) is 7.50. The van der Waals surface area contributed by atoms with Gasteiger partial charge in [0.05, 0.1) is 23.2 Å². The summed E-state index contributed by atoms with van der Waals surface area (Å²) in [5, 5.41) is 10.7. The number of aromatic nitrogens is 2.